The quantitative estimate of drug-likeness (QED) is 0.621. The predicted molar refractivity (Wildman–Crippen MR) is 97.1 cm³/mol. The van der Waals surface area contributed by atoms with Crippen LogP contribution in [-0.2, 0) is 10.5 Å². The maximum atomic E-state index is 11.9. The lowest BCUT2D eigenvalue weighted by Crippen LogP contribution is -2.26. The highest BCUT2D eigenvalue weighted by atomic mass is 35.5. The molecule has 0 spiro atoms. The first-order valence-electron chi connectivity index (χ1n) is 7.23. The summed E-state index contributed by atoms with van der Waals surface area (Å²) in [6, 6.07) is 7.25. The molecule has 8 heteroatoms. The Morgan fingerprint density at radius 3 is 2.91 bits per heavy atom. The molecule has 0 aliphatic rings. The standard InChI is InChI=1S/C15H20N4O2S.ClH/c16-7-3-8-17-14(20)6-9-22-10-13-18-12-5-2-1-4-11(12)15(21)19-13;/h1-2,4-5H,3,6-10,16H2,(H,17,20)(H,18,19,21);1H. The van der Waals surface area contributed by atoms with E-state index in [1.165, 1.54) is 0 Å². The first-order valence-corrected chi connectivity index (χ1v) is 8.38. The van der Waals surface area contributed by atoms with Crippen LogP contribution < -0.4 is 16.6 Å². The van der Waals surface area contributed by atoms with Crippen molar-refractivity contribution in [1.29, 1.82) is 0 Å². The molecule has 23 heavy (non-hydrogen) atoms. The van der Waals surface area contributed by atoms with Crippen molar-refractivity contribution in [2.45, 2.75) is 18.6 Å². The molecular weight excluding hydrogens is 336 g/mol. The molecule has 0 atom stereocenters. The van der Waals surface area contributed by atoms with Crippen LogP contribution in [0.2, 0.25) is 0 Å². The average Bonchev–Trinajstić information content (AvgIpc) is 2.52. The predicted octanol–water partition coefficient (Wildman–Crippen LogP) is 1.43. The second-order valence-electron chi connectivity index (χ2n) is 4.82. The van der Waals surface area contributed by atoms with Gasteiger partial charge in [0.05, 0.1) is 16.7 Å². The minimum Gasteiger partial charge on any atom is -0.356 e. The molecule has 0 saturated heterocycles. The van der Waals surface area contributed by atoms with Crippen LogP contribution in [0.5, 0.6) is 0 Å². The van der Waals surface area contributed by atoms with Gasteiger partial charge in [0, 0.05) is 18.7 Å². The van der Waals surface area contributed by atoms with Crippen LogP contribution in [0.15, 0.2) is 29.1 Å². The van der Waals surface area contributed by atoms with Gasteiger partial charge in [0.15, 0.2) is 0 Å². The molecular formula is C15H21ClN4O2S. The number of nitrogens with zero attached hydrogens (tertiary/aromatic N) is 1. The lowest BCUT2D eigenvalue weighted by Gasteiger charge is -2.05. The fourth-order valence-electron chi connectivity index (χ4n) is 1.96. The average molecular weight is 357 g/mol. The third-order valence-electron chi connectivity index (χ3n) is 3.08. The Hall–Kier alpha value is -1.57. The largest absolute Gasteiger partial charge is 0.356 e. The number of rotatable bonds is 8. The SMILES string of the molecule is Cl.NCCCNC(=O)CCSCc1nc2ccccc2c(=O)[nH]1. The number of hydrogen-bond donors (Lipinski definition) is 3. The van der Waals surface area contributed by atoms with E-state index < -0.39 is 0 Å². The first kappa shape index (κ1) is 19.5. The van der Waals surface area contributed by atoms with Gasteiger partial charge < -0.3 is 16.0 Å². The maximum Gasteiger partial charge on any atom is 0.258 e. The van der Waals surface area contributed by atoms with Crippen LogP contribution >= 0.6 is 24.2 Å². The molecule has 2 aromatic rings. The molecule has 0 fully saturated rings. The number of H-pyrrole nitrogens is 1. The first-order chi connectivity index (χ1) is 10.7. The zero-order chi connectivity index (χ0) is 15.8. The number of nitrogens with one attached hydrogen (secondary N) is 2. The second-order valence-corrected chi connectivity index (χ2v) is 5.93. The molecule has 0 aliphatic heterocycles. The summed E-state index contributed by atoms with van der Waals surface area (Å²) >= 11 is 1.57. The Morgan fingerprint density at radius 2 is 2.13 bits per heavy atom. The normalized spacial score (nSPS) is 10.3. The number of carbonyl (C=O) groups excluding carboxylic acids is 1. The van der Waals surface area contributed by atoms with Crippen LogP contribution in [0.25, 0.3) is 10.9 Å². The molecule has 0 saturated carbocycles. The van der Waals surface area contributed by atoms with E-state index in [0.717, 1.165) is 6.42 Å². The molecule has 1 heterocycles. The number of fused-ring (bicyclic) bond motifs is 1. The Morgan fingerprint density at radius 1 is 1.35 bits per heavy atom. The number of aromatic amines is 1. The molecule has 1 aromatic heterocycles. The number of nitrogens with two attached hydrogens (primary N) is 1. The fourth-order valence-corrected chi connectivity index (χ4v) is 2.76. The minimum atomic E-state index is -0.124. The number of aromatic nitrogens is 2. The van der Waals surface area contributed by atoms with Crippen molar-refractivity contribution < 1.29 is 4.79 Å². The summed E-state index contributed by atoms with van der Waals surface area (Å²) < 4.78 is 0. The second kappa shape index (κ2) is 10.3. The van der Waals surface area contributed by atoms with Gasteiger partial charge in [0.25, 0.3) is 5.56 Å². The Labute approximate surface area is 145 Å². The fraction of sp³-hybridized carbons (Fsp3) is 0.400. The van der Waals surface area contributed by atoms with Gasteiger partial charge in [-0.05, 0) is 25.1 Å². The van der Waals surface area contributed by atoms with Crippen LogP contribution in [-0.4, -0.2) is 34.7 Å². The molecule has 2 rings (SSSR count). The lowest BCUT2D eigenvalue weighted by atomic mass is 10.2. The van der Waals surface area contributed by atoms with Crippen molar-refractivity contribution in [2.24, 2.45) is 5.73 Å². The lowest BCUT2D eigenvalue weighted by molar-refractivity contribution is -0.120. The van der Waals surface area contributed by atoms with Crippen molar-refractivity contribution in [1.82, 2.24) is 15.3 Å². The number of benzene rings is 1. The van der Waals surface area contributed by atoms with Crippen LogP contribution in [0.3, 0.4) is 0 Å². The highest BCUT2D eigenvalue weighted by Crippen LogP contribution is 2.11. The Kier molecular flexibility index (Phi) is 8.68. The van der Waals surface area contributed by atoms with Crippen LogP contribution in [0, 0.1) is 0 Å². The number of para-hydroxylation sites is 1. The molecule has 1 aromatic carbocycles. The smallest absolute Gasteiger partial charge is 0.258 e. The minimum absolute atomic E-state index is 0. The van der Waals surface area contributed by atoms with Gasteiger partial charge in [-0.25, -0.2) is 4.98 Å². The van der Waals surface area contributed by atoms with E-state index in [1.54, 1.807) is 17.8 Å². The monoisotopic (exact) mass is 356 g/mol. The van der Waals surface area contributed by atoms with E-state index in [9.17, 15) is 9.59 Å². The number of carbonyl (C=O) groups is 1. The summed E-state index contributed by atoms with van der Waals surface area (Å²) in [5.41, 5.74) is 5.93. The van der Waals surface area contributed by atoms with E-state index in [-0.39, 0.29) is 23.9 Å². The van der Waals surface area contributed by atoms with Crippen molar-refractivity contribution in [2.75, 3.05) is 18.8 Å². The summed E-state index contributed by atoms with van der Waals surface area (Å²) in [7, 11) is 0. The molecule has 0 unspecified atom stereocenters. The summed E-state index contributed by atoms with van der Waals surface area (Å²) in [5, 5.41) is 3.40. The number of hydrogen-bond acceptors (Lipinski definition) is 5. The Bertz CT molecular complexity index is 692. The topological polar surface area (TPSA) is 101 Å². The van der Waals surface area contributed by atoms with Gasteiger partial charge >= 0.3 is 0 Å². The highest BCUT2D eigenvalue weighted by molar-refractivity contribution is 7.98. The van der Waals surface area contributed by atoms with E-state index in [0.29, 0.717) is 47.7 Å². The van der Waals surface area contributed by atoms with Gasteiger partial charge in [0.1, 0.15) is 5.82 Å². The van der Waals surface area contributed by atoms with Gasteiger partial charge in [-0.2, -0.15) is 11.8 Å². The zero-order valence-electron chi connectivity index (χ0n) is 12.7. The summed E-state index contributed by atoms with van der Waals surface area (Å²) in [6.07, 6.45) is 1.24. The van der Waals surface area contributed by atoms with E-state index in [2.05, 4.69) is 15.3 Å². The van der Waals surface area contributed by atoms with Crippen molar-refractivity contribution in [3.8, 4) is 0 Å². The third kappa shape index (κ3) is 6.21. The molecule has 4 N–H and O–H groups in total. The van der Waals surface area contributed by atoms with E-state index >= 15 is 0 Å². The van der Waals surface area contributed by atoms with Crippen molar-refractivity contribution in [3.63, 3.8) is 0 Å². The van der Waals surface area contributed by atoms with Crippen LogP contribution in [0.4, 0.5) is 0 Å². The van der Waals surface area contributed by atoms with Gasteiger partial charge in [0.2, 0.25) is 5.91 Å². The summed E-state index contributed by atoms with van der Waals surface area (Å²) in [5.74, 6) is 1.93. The number of halogens is 1. The molecule has 1 amide bonds. The van der Waals surface area contributed by atoms with Gasteiger partial charge in [-0.1, -0.05) is 12.1 Å². The number of thioether (sulfide) groups is 1. The van der Waals surface area contributed by atoms with Gasteiger partial charge in [-0.15, -0.1) is 12.4 Å². The third-order valence-corrected chi connectivity index (χ3v) is 4.05. The van der Waals surface area contributed by atoms with Crippen molar-refractivity contribution in [3.05, 3.63) is 40.4 Å². The molecule has 126 valence electrons. The van der Waals surface area contributed by atoms with E-state index in [4.69, 9.17) is 5.73 Å². The van der Waals surface area contributed by atoms with E-state index in [1.807, 2.05) is 18.2 Å². The molecule has 6 nitrogen and oxygen atoms in total. The highest BCUT2D eigenvalue weighted by Gasteiger charge is 2.04. The summed E-state index contributed by atoms with van der Waals surface area (Å²) in [4.78, 5) is 30.6. The van der Waals surface area contributed by atoms with Gasteiger partial charge in [-0.3, -0.25) is 9.59 Å². The molecule has 0 aliphatic carbocycles. The zero-order valence-corrected chi connectivity index (χ0v) is 14.3. The van der Waals surface area contributed by atoms with Crippen LogP contribution in [0.1, 0.15) is 18.7 Å². The molecule has 0 radical (unpaired) electrons. The molecule has 0 bridgehead atoms. The number of amides is 1. The van der Waals surface area contributed by atoms with Crippen molar-refractivity contribution >= 4 is 41.0 Å². The summed E-state index contributed by atoms with van der Waals surface area (Å²) in [6.45, 7) is 1.20. The maximum absolute atomic E-state index is 11.9. The Balaban J connectivity index is 0.00000264.